The van der Waals surface area contributed by atoms with Crippen LogP contribution in [0.1, 0.15) is 24.8 Å². The Balaban J connectivity index is 1.79. The van der Waals surface area contributed by atoms with E-state index in [1.807, 2.05) is 6.07 Å². The summed E-state index contributed by atoms with van der Waals surface area (Å²) >= 11 is 0. The van der Waals surface area contributed by atoms with Gasteiger partial charge >= 0.3 is 0 Å². The first-order valence-corrected chi connectivity index (χ1v) is 9.09. The summed E-state index contributed by atoms with van der Waals surface area (Å²) in [7, 11) is -3.42. The molecule has 2 heterocycles. The van der Waals surface area contributed by atoms with Gasteiger partial charge in [-0.2, -0.15) is 4.31 Å². The quantitative estimate of drug-likeness (QED) is 0.901. The van der Waals surface area contributed by atoms with Gasteiger partial charge in [-0.15, -0.1) is 0 Å². The summed E-state index contributed by atoms with van der Waals surface area (Å²) in [5.41, 5.74) is 6.38. The number of nitrogens with zero attached hydrogens (tertiary/aromatic N) is 2. The van der Waals surface area contributed by atoms with E-state index in [1.54, 1.807) is 22.5 Å². The molecule has 2 aliphatic heterocycles. The first-order chi connectivity index (χ1) is 10.1. The van der Waals surface area contributed by atoms with Crippen LogP contribution in [-0.4, -0.2) is 49.8 Å². The SMILES string of the molecule is NCc1ccccc1S(=O)(=O)N1CCC(N2CCCC2)C1. The van der Waals surface area contributed by atoms with Gasteiger partial charge in [0.2, 0.25) is 10.0 Å². The maximum atomic E-state index is 12.8. The number of rotatable bonds is 4. The van der Waals surface area contributed by atoms with Crippen LogP contribution in [0.2, 0.25) is 0 Å². The Labute approximate surface area is 126 Å². The van der Waals surface area contributed by atoms with E-state index in [4.69, 9.17) is 5.73 Å². The Morgan fingerprint density at radius 3 is 2.57 bits per heavy atom. The minimum atomic E-state index is -3.42. The van der Waals surface area contributed by atoms with Gasteiger partial charge in [-0.25, -0.2) is 8.42 Å². The van der Waals surface area contributed by atoms with Crippen LogP contribution in [0.4, 0.5) is 0 Å². The van der Waals surface area contributed by atoms with Crippen LogP contribution < -0.4 is 5.73 Å². The van der Waals surface area contributed by atoms with Crippen molar-refractivity contribution < 1.29 is 8.42 Å². The number of hydrogen-bond acceptors (Lipinski definition) is 4. The van der Waals surface area contributed by atoms with E-state index in [9.17, 15) is 8.42 Å². The van der Waals surface area contributed by atoms with Gasteiger partial charge in [0, 0.05) is 25.7 Å². The zero-order chi connectivity index (χ0) is 14.9. The average molecular weight is 309 g/mol. The van der Waals surface area contributed by atoms with E-state index in [1.165, 1.54) is 12.8 Å². The molecule has 1 atom stereocenters. The molecule has 1 aromatic carbocycles. The second-order valence-electron chi connectivity index (χ2n) is 5.86. The van der Waals surface area contributed by atoms with Crippen molar-refractivity contribution in [2.75, 3.05) is 26.2 Å². The molecule has 2 N–H and O–H groups in total. The molecule has 2 saturated heterocycles. The molecule has 2 aliphatic rings. The fraction of sp³-hybridized carbons (Fsp3) is 0.600. The summed E-state index contributed by atoms with van der Waals surface area (Å²) in [6, 6.07) is 7.44. The molecule has 21 heavy (non-hydrogen) atoms. The molecule has 6 heteroatoms. The largest absolute Gasteiger partial charge is 0.326 e. The molecule has 0 bridgehead atoms. The predicted molar refractivity (Wildman–Crippen MR) is 82.3 cm³/mol. The van der Waals surface area contributed by atoms with E-state index in [2.05, 4.69) is 4.90 Å². The predicted octanol–water partition coefficient (Wildman–Crippen LogP) is 1.00. The van der Waals surface area contributed by atoms with Crippen LogP contribution in [0, 0.1) is 0 Å². The van der Waals surface area contributed by atoms with Crippen LogP contribution >= 0.6 is 0 Å². The van der Waals surface area contributed by atoms with Gasteiger partial charge in [-0.3, -0.25) is 4.90 Å². The fourth-order valence-corrected chi connectivity index (χ4v) is 5.12. The number of hydrogen-bond donors (Lipinski definition) is 1. The van der Waals surface area contributed by atoms with Crippen molar-refractivity contribution in [2.45, 2.75) is 36.7 Å². The lowest BCUT2D eigenvalue weighted by Crippen LogP contribution is -2.37. The van der Waals surface area contributed by atoms with Crippen molar-refractivity contribution in [3.8, 4) is 0 Å². The van der Waals surface area contributed by atoms with E-state index < -0.39 is 10.0 Å². The molecular weight excluding hydrogens is 286 g/mol. The van der Waals surface area contributed by atoms with Gasteiger partial charge < -0.3 is 5.73 Å². The zero-order valence-corrected chi connectivity index (χ0v) is 13.1. The molecule has 0 spiro atoms. The average Bonchev–Trinajstić information content (AvgIpc) is 3.17. The van der Waals surface area contributed by atoms with Gasteiger partial charge in [0.1, 0.15) is 0 Å². The highest BCUT2D eigenvalue weighted by Crippen LogP contribution is 2.27. The summed E-state index contributed by atoms with van der Waals surface area (Å²) in [6.45, 7) is 3.69. The lowest BCUT2D eigenvalue weighted by molar-refractivity contribution is 0.251. The first kappa shape index (κ1) is 15.0. The molecule has 0 aliphatic carbocycles. The van der Waals surface area contributed by atoms with E-state index in [-0.39, 0.29) is 6.54 Å². The fourth-order valence-electron chi connectivity index (χ4n) is 3.40. The molecule has 0 amide bonds. The van der Waals surface area contributed by atoms with Gasteiger partial charge in [0.15, 0.2) is 0 Å². The molecule has 1 aromatic rings. The van der Waals surface area contributed by atoms with Gasteiger partial charge in [-0.1, -0.05) is 18.2 Å². The van der Waals surface area contributed by atoms with Crippen LogP contribution in [-0.2, 0) is 16.6 Å². The highest BCUT2D eigenvalue weighted by atomic mass is 32.2. The molecule has 5 nitrogen and oxygen atoms in total. The molecule has 2 fully saturated rings. The Morgan fingerprint density at radius 2 is 1.86 bits per heavy atom. The third-order valence-electron chi connectivity index (χ3n) is 4.59. The zero-order valence-electron chi connectivity index (χ0n) is 12.2. The molecule has 0 saturated carbocycles. The normalized spacial score (nSPS) is 24.7. The van der Waals surface area contributed by atoms with E-state index in [0.29, 0.717) is 29.6 Å². The molecule has 0 radical (unpaired) electrons. The number of likely N-dealkylation sites (tertiary alicyclic amines) is 1. The smallest absolute Gasteiger partial charge is 0.243 e. The highest BCUT2D eigenvalue weighted by Gasteiger charge is 2.36. The summed E-state index contributed by atoms with van der Waals surface area (Å²) in [5, 5.41) is 0. The monoisotopic (exact) mass is 309 g/mol. The minimum Gasteiger partial charge on any atom is -0.326 e. The Hall–Kier alpha value is -0.950. The van der Waals surface area contributed by atoms with Gasteiger partial charge in [0.25, 0.3) is 0 Å². The third kappa shape index (κ3) is 2.85. The minimum absolute atomic E-state index is 0.249. The van der Waals surface area contributed by atoms with Crippen molar-refractivity contribution in [3.63, 3.8) is 0 Å². The Morgan fingerprint density at radius 1 is 1.14 bits per heavy atom. The third-order valence-corrected chi connectivity index (χ3v) is 6.56. The lowest BCUT2D eigenvalue weighted by atomic mass is 10.2. The number of benzene rings is 1. The van der Waals surface area contributed by atoms with Crippen molar-refractivity contribution in [1.82, 2.24) is 9.21 Å². The highest BCUT2D eigenvalue weighted by molar-refractivity contribution is 7.89. The van der Waals surface area contributed by atoms with Gasteiger partial charge in [-0.05, 0) is 44.0 Å². The Bertz CT molecular complexity index is 597. The molecule has 1 unspecified atom stereocenters. The molecule has 116 valence electrons. The van der Waals surface area contributed by atoms with Crippen LogP contribution in [0.25, 0.3) is 0 Å². The summed E-state index contributed by atoms with van der Waals surface area (Å²) in [4.78, 5) is 2.80. The van der Waals surface area contributed by atoms with E-state index >= 15 is 0 Å². The molecule has 0 aromatic heterocycles. The lowest BCUT2D eigenvalue weighted by Gasteiger charge is -2.24. The Kier molecular flexibility index (Phi) is 4.31. The van der Waals surface area contributed by atoms with Gasteiger partial charge in [0.05, 0.1) is 4.90 Å². The van der Waals surface area contributed by atoms with Crippen molar-refractivity contribution >= 4 is 10.0 Å². The van der Waals surface area contributed by atoms with E-state index in [0.717, 1.165) is 19.5 Å². The van der Waals surface area contributed by atoms with Crippen molar-refractivity contribution in [1.29, 1.82) is 0 Å². The standard InChI is InChI=1S/C15H23N3O2S/c16-11-13-5-1-2-6-15(13)21(19,20)18-10-7-14(12-18)17-8-3-4-9-17/h1-2,5-6,14H,3-4,7-12,16H2. The molecular formula is C15H23N3O2S. The summed E-state index contributed by atoms with van der Waals surface area (Å²) in [6.07, 6.45) is 3.41. The maximum Gasteiger partial charge on any atom is 0.243 e. The number of sulfonamides is 1. The van der Waals surface area contributed by atoms with Crippen LogP contribution in [0.5, 0.6) is 0 Å². The second kappa shape index (κ2) is 6.04. The first-order valence-electron chi connectivity index (χ1n) is 7.65. The van der Waals surface area contributed by atoms with Crippen LogP contribution in [0.15, 0.2) is 29.2 Å². The number of nitrogens with two attached hydrogens (primary N) is 1. The van der Waals surface area contributed by atoms with Crippen molar-refractivity contribution in [3.05, 3.63) is 29.8 Å². The topological polar surface area (TPSA) is 66.6 Å². The van der Waals surface area contributed by atoms with Crippen LogP contribution in [0.3, 0.4) is 0 Å². The summed E-state index contributed by atoms with van der Waals surface area (Å²) < 4.78 is 27.3. The maximum absolute atomic E-state index is 12.8. The second-order valence-corrected chi connectivity index (χ2v) is 7.77. The van der Waals surface area contributed by atoms with Crippen molar-refractivity contribution in [2.24, 2.45) is 5.73 Å². The summed E-state index contributed by atoms with van der Waals surface area (Å²) in [5.74, 6) is 0. The molecule has 3 rings (SSSR count).